The molecule has 1 heterocycles. The van der Waals surface area contributed by atoms with E-state index in [0.717, 1.165) is 56.7 Å². The van der Waals surface area contributed by atoms with Crippen molar-refractivity contribution in [3.63, 3.8) is 0 Å². The molecule has 3 aromatic carbocycles. The van der Waals surface area contributed by atoms with Crippen molar-refractivity contribution in [1.82, 2.24) is 9.80 Å². The average Bonchev–Trinajstić information content (AvgIpc) is 3.17. The number of nitrogens with zero attached hydrogens (tertiary/aromatic N) is 2. The Labute approximate surface area is 202 Å². The summed E-state index contributed by atoms with van der Waals surface area (Å²) < 4.78 is 14.1. The summed E-state index contributed by atoms with van der Waals surface area (Å²) in [5.74, 6) is -0.162. The van der Waals surface area contributed by atoms with Crippen molar-refractivity contribution in [3.05, 3.63) is 106 Å². The normalized spacial score (nSPS) is 21.1. The molecule has 0 N–H and O–H groups in total. The Hall–Kier alpha value is -2.82. The first-order valence-electron chi connectivity index (χ1n) is 12.5. The van der Waals surface area contributed by atoms with Crippen molar-refractivity contribution in [3.8, 4) is 0 Å². The maximum Gasteiger partial charge on any atom is 0.188 e. The van der Waals surface area contributed by atoms with Crippen LogP contribution in [0.2, 0.25) is 0 Å². The quantitative estimate of drug-likeness (QED) is 0.496. The summed E-state index contributed by atoms with van der Waals surface area (Å²) in [7, 11) is 0. The van der Waals surface area contributed by atoms with Gasteiger partial charge in [0, 0.05) is 44.7 Å². The number of rotatable bonds is 6. The second-order valence-corrected chi connectivity index (χ2v) is 9.61. The minimum Gasteiger partial charge on any atom is -0.297 e. The largest absolute Gasteiger partial charge is 0.297 e. The van der Waals surface area contributed by atoms with E-state index in [1.165, 1.54) is 22.8 Å². The fraction of sp³-hybridized carbons (Fsp3) is 0.367. The van der Waals surface area contributed by atoms with Crippen molar-refractivity contribution in [1.29, 1.82) is 0 Å². The van der Waals surface area contributed by atoms with Gasteiger partial charge < -0.3 is 0 Å². The van der Waals surface area contributed by atoms with Crippen LogP contribution in [0.15, 0.2) is 66.7 Å². The predicted octanol–water partition coefficient (Wildman–Crippen LogP) is 5.40. The molecule has 5 rings (SSSR count). The Bertz CT molecular complexity index is 1200. The molecule has 0 spiro atoms. The number of aryl methyl sites for hydroxylation is 2. The minimum atomic E-state index is -0.755. The molecule has 0 bridgehead atoms. The monoisotopic (exact) mass is 456 g/mol. The highest BCUT2D eigenvalue weighted by Gasteiger charge is 2.51. The van der Waals surface area contributed by atoms with E-state index in [2.05, 4.69) is 72.2 Å². The molecule has 0 saturated carbocycles. The van der Waals surface area contributed by atoms with Gasteiger partial charge >= 0.3 is 0 Å². The molecule has 1 atom stereocenters. The topological polar surface area (TPSA) is 23.6 Å². The summed E-state index contributed by atoms with van der Waals surface area (Å²) in [6.45, 7) is 8.72. The number of piperazine rings is 1. The molecule has 1 saturated heterocycles. The third-order valence-corrected chi connectivity index (χ3v) is 7.75. The lowest BCUT2D eigenvalue weighted by Crippen LogP contribution is -2.58. The third kappa shape index (κ3) is 3.99. The summed E-state index contributed by atoms with van der Waals surface area (Å²) in [6.07, 6.45) is 2.49. The SMILES string of the molecule is CCc1cccc(C2(N3CCN(Cc4ccccc4CC)CC3)Cc3cc(F)ccc3C2=O)c1. The molecule has 3 nitrogen and oxygen atoms in total. The lowest BCUT2D eigenvalue weighted by atomic mass is 9.82. The fourth-order valence-corrected chi connectivity index (χ4v) is 5.81. The molecule has 1 unspecified atom stereocenters. The van der Waals surface area contributed by atoms with Crippen molar-refractivity contribution in [2.75, 3.05) is 26.2 Å². The van der Waals surface area contributed by atoms with Gasteiger partial charge in [-0.05, 0) is 58.9 Å². The van der Waals surface area contributed by atoms with Crippen molar-refractivity contribution in [2.45, 2.75) is 45.2 Å². The molecule has 0 aromatic heterocycles. The van der Waals surface area contributed by atoms with Crippen LogP contribution in [0.4, 0.5) is 4.39 Å². The Balaban J connectivity index is 1.44. The van der Waals surface area contributed by atoms with Gasteiger partial charge in [0.2, 0.25) is 0 Å². The van der Waals surface area contributed by atoms with Crippen LogP contribution in [0, 0.1) is 5.82 Å². The summed E-state index contributed by atoms with van der Waals surface area (Å²) >= 11 is 0. The molecule has 1 aliphatic carbocycles. The van der Waals surface area contributed by atoms with Crippen molar-refractivity contribution >= 4 is 5.78 Å². The van der Waals surface area contributed by atoms with Gasteiger partial charge in [-0.1, -0.05) is 62.4 Å². The molecule has 176 valence electrons. The number of benzene rings is 3. The Morgan fingerprint density at radius 2 is 1.62 bits per heavy atom. The number of Topliss-reactive ketones (excluding diaryl/α,β-unsaturated/α-hetero) is 1. The maximum absolute atomic E-state index is 14.1. The molecular formula is C30H33FN2O. The van der Waals surface area contributed by atoms with Crippen LogP contribution < -0.4 is 0 Å². The zero-order valence-corrected chi connectivity index (χ0v) is 20.2. The van der Waals surface area contributed by atoms with Gasteiger partial charge in [0.1, 0.15) is 11.4 Å². The Morgan fingerprint density at radius 1 is 0.853 bits per heavy atom. The van der Waals surface area contributed by atoms with E-state index in [0.29, 0.717) is 12.0 Å². The van der Waals surface area contributed by atoms with Crippen LogP contribution in [0.3, 0.4) is 0 Å². The van der Waals surface area contributed by atoms with Crippen molar-refractivity contribution < 1.29 is 9.18 Å². The van der Waals surface area contributed by atoms with Gasteiger partial charge in [0.05, 0.1) is 0 Å². The maximum atomic E-state index is 14.1. The smallest absolute Gasteiger partial charge is 0.188 e. The van der Waals surface area contributed by atoms with Gasteiger partial charge in [-0.2, -0.15) is 0 Å². The molecule has 2 aliphatic rings. The first kappa shape index (κ1) is 22.9. The summed E-state index contributed by atoms with van der Waals surface area (Å²) in [4.78, 5) is 18.9. The van der Waals surface area contributed by atoms with E-state index in [-0.39, 0.29) is 11.6 Å². The van der Waals surface area contributed by atoms with Crippen LogP contribution in [0.25, 0.3) is 0 Å². The summed E-state index contributed by atoms with van der Waals surface area (Å²) in [5, 5.41) is 0. The fourth-order valence-electron chi connectivity index (χ4n) is 5.81. The van der Waals surface area contributed by atoms with Crippen LogP contribution in [0.5, 0.6) is 0 Å². The molecule has 1 fully saturated rings. The predicted molar refractivity (Wildman–Crippen MR) is 135 cm³/mol. The van der Waals surface area contributed by atoms with E-state index in [4.69, 9.17) is 0 Å². The number of fused-ring (bicyclic) bond motifs is 1. The number of hydrogen-bond acceptors (Lipinski definition) is 3. The highest BCUT2D eigenvalue weighted by atomic mass is 19.1. The first-order chi connectivity index (χ1) is 16.5. The van der Waals surface area contributed by atoms with E-state index in [1.54, 1.807) is 12.1 Å². The van der Waals surface area contributed by atoms with Gasteiger partial charge in [-0.3, -0.25) is 14.6 Å². The zero-order valence-electron chi connectivity index (χ0n) is 20.2. The molecule has 1 aliphatic heterocycles. The van der Waals surface area contributed by atoms with E-state index < -0.39 is 5.54 Å². The average molecular weight is 457 g/mol. The van der Waals surface area contributed by atoms with Crippen molar-refractivity contribution in [2.24, 2.45) is 0 Å². The summed E-state index contributed by atoms with van der Waals surface area (Å²) in [6, 6.07) is 21.8. The standard InChI is InChI=1S/C30H33FN2O/c1-3-22-8-7-11-26(18-22)30(20-25-19-27(31)12-13-28(25)29(30)34)33-16-14-32(15-17-33)21-24-10-6-5-9-23(24)4-2/h5-13,18-19H,3-4,14-17,20-21H2,1-2H3. The number of ketones is 1. The highest BCUT2D eigenvalue weighted by molar-refractivity contribution is 6.08. The van der Waals surface area contributed by atoms with Crippen LogP contribution >= 0.6 is 0 Å². The van der Waals surface area contributed by atoms with Crippen LogP contribution in [-0.2, 0) is 31.3 Å². The molecule has 3 aromatic rings. The number of carbonyl (C=O) groups is 1. The number of hydrogen-bond donors (Lipinski definition) is 0. The molecule has 0 radical (unpaired) electrons. The molecule has 34 heavy (non-hydrogen) atoms. The van der Waals surface area contributed by atoms with Gasteiger partial charge in [0.15, 0.2) is 5.78 Å². The van der Waals surface area contributed by atoms with Crippen LogP contribution in [-0.4, -0.2) is 41.8 Å². The molecule has 0 amide bonds. The number of halogens is 1. The second-order valence-electron chi connectivity index (χ2n) is 9.61. The van der Waals surface area contributed by atoms with E-state index >= 15 is 0 Å². The highest BCUT2D eigenvalue weighted by Crippen LogP contribution is 2.43. The minimum absolute atomic E-state index is 0.112. The zero-order chi connectivity index (χ0) is 23.7. The first-order valence-corrected chi connectivity index (χ1v) is 12.5. The van der Waals surface area contributed by atoms with E-state index in [9.17, 15) is 9.18 Å². The number of carbonyl (C=O) groups excluding carboxylic acids is 1. The van der Waals surface area contributed by atoms with Gasteiger partial charge in [-0.15, -0.1) is 0 Å². The Morgan fingerprint density at radius 3 is 2.35 bits per heavy atom. The Kier molecular flexibility index (Phi) is 6.37. The van der Waals surface area contributed by atoms with Gasteiger partial charge in [0.25, 0.3) is 0 Å². The second kappa shape index (κ2) is 9.44. The lowest BCUT2D eigenvalue weighted by molar-refractivity contribution is 0.0287. The lowest BCUT2D eigenvalue weighted by Gasteiger charge is -2.45. The summed E-state index contributed by atoms with van der Waals surface area (Å²) in [5.41, 5.74) is 5.80. The van der Waals surface area contributed by atoms with Crippen LogP contribution in [0.1, 0.15) is 52.0 Å². The van der Waals surface area contributed by atoms with Gasteiger partial charge in [-0.25, -0.2) is 4.39 Å². The van der Waals surface area contributed by atoms with E-state index in [1.807, 2.05) is 0 Å². The molecular weight excluding hydrogens is 423 g/mol. The molecule has 4 heteroatoms. The third-order valence-electron chi connectivity index (χ3n) is 7.75.